The summed E-state index contributed by atoms with van der Waals surface area (Å²) in [6.07, 6.45) is 22.5. The molecular formula is C22H46N4. The molecule has 1 aliphatic rings. The molecule has 1 rings (SSSR count). The highest BCUT2D eigenvalue weighted by molar-refractivity contribution is 4.81. The van der Waals surface area contributed by atoms with E-state index < -0.39 is 0 Å². The summed E-state index contributed by atoms with van der Waals surface area (Å²) in [7, 11) is 0. The zero-order valence-electron chi connectivity index (χ0n) is 17.3. The lowest BCUT2D eigenvalue weighted by molar-refractivity contribution is 0.277. The van der Waals surface area contributed by atoms with E-state index in [0.717, 1.165) is 39.3 Å². The van der Waals surface area contributed by atoms with Crippen molar-refractivity contribution in [1.82, 2.24) is 10.2 Å². The first-order valence-corrected chi connectivity index (χ1v) is 11.4. The molecule has 4 nitrogen and oxygen atoms in total. The average molecular weight is 367 g/mol. The number of nitrogens with one attached hydrogen (secondary N) is 1. The van der Waals surface area contributed by atoms with Crippen LogP contribution in [0.4, 0.5) is 0 Å². The number of nitrogens with zero attached hydrogens (tertiary/aromatic N) is 1. The Hall–Kier alpha value is -0.420. The van der Waals surface area contributed by atoms with Crippen LogP contribution in [0.25, 0.3) is 0 Å². The van der Waals surface area contributed by atoms with Crippen LogP contribution in [0.15, 0.2) is 12.2 Å². The summed E-state index contributed by atoms with van der Waals surface area (Å²) in [5.41, 5.74) is 11.4. The minimum Gasteiger partial charge on any atom is -0.329 e. The van der Waals surface area contributed by atoms with Gasteiger partial charge in [-0.15, -0.1) is 0 Å². The summed E-state index contributed by atoms with van der Waals surface area (Å²) in [6, 6.07) is 0.695. The van der Waals surface area contributed by atoms with Crippen molar-refractivity contribution in [3.05, 3.63) is 12.2 Å². The fraction of sp³-hybridized carbons (Fsp3) is 0.909. The molecule has 26 heavy (non-hydrogen) atoms. The number of allylic oxidation sites excluding steroid dienone is 2. The highest BCUT2D eigenvalue weighted by Gasteiger charge is 2.09. The van der Waals surface area contributed by atoms with Crippen molar-refractivity contribution >= 4 is 0 Å². The van der Waals surface area contributed by atoms with Crippen molar-refractivity contribution in [2.24, 2.45) is 11.5 Å². The van der Waals surface area contributed by atoms with Gasteiger partial charge in [-0.1, -0.05) is 57.1 Å². The van der Waals surface area contributed by atoms with E-state index in [1.54, 1.807) is 0 Å². The van der Waals surface area contributed by atoms with Crippen LogP contribution in [-0.4, -0.2) is 50.2 Å². The summed E-state index contributed by atoms with van der Waals surface area (Å²) >= 11 is 0. The van der Waals surface area contributed by atoms with Gasteiger partial charge in [-0.25, -0.2) is 0 Å². The quantitative estimate of drug-likeness (QED) is 0.572. The standard InChI is InChI=1S/C22H46N4/c23-16-19-26(20-17-24)21-18-25-22-14-12-10-8-6-4-2-1-3-5-7-9-11-13-15-22/h1-2,22,25H,3-21,23-24H2/b2-1+. The lowest BCUT2D eigenvalue weighted by Crippen LogP contribution is -2.41. The first-order valence-electron chi connectivity index (χ1n) is 11.4. The summed E-state index contributed by atoms with van der Waals surface area (Å²) in [6.45, 7) is 5.49. The maximum absolute atomic E-state index is 5.71. The molecular weight excluding hydrogens is 320 g/mol. The van der Waals surface area contributed by atoms with E-state index in [0.29, 0.717) is 6.04 Å². The van der Waals surface area contributed by atoms with Crippen molar-refractivity contribution in [2.45, 2.75) is 89.5 Å². The molecule has 154 valence electrons. The van der Waals surface area contributed by atoms with Gasteiger partial charge in [0.05, 0.1) is 0 Å². The van der Waals surface area contributed by atoms with E-state index in [2.05, 4.69) is 22.4 Å². The fourth-order valence-electron chi connectivity index (χ4n) is 3.90. The molecule has 1 atom stereocenters. The minimum atomic E-state index is 0.695. The van der Waals surface area contributed by atoms with Gasteiger partial charge in [0.15, 0.2) is 0 Å². The van der Waals surface area contributed by atoms with Gasteiger partial charge in [0, 0.05) is 45.3 Å². The second-order valence-electron chi connectivity index (χ2n) is 7.88. The Morgan fingerprint density at radius 1 is 0.692 bits per heavy atom. The van der Waals surface area contributed by atoms with Crippen molar-refractivity contribution in [3.63, 3.8) is 0 Å². The molecule has 5 N–H and O–H groups in total. The van der Waals surface area contributed by atoms with E-state index in [1.165, 1.54) is 83.5 Å². The first kappa shape index (κ1) is 23.6. The number of hydrogen-bond acceptors (Lipinski definition) is 4. The average Bonchev–Trinajstić information content (AvgIpc) is 2.63. The Kier molecular flexibility index (Phi) is 16.3. The van der Waals surface area contributed by atoms with Gasteiger partial charge in [-0.05, 0) is 38.5 Å². The third-order valence-electron chi connectivity index (χ3n) is 5.52. The van der Waals surface area contributed by atoms with Gasteiger partial charge >= 0.3 is 0 Å². The highest BCUT2D eigenvalue weighted by atomic mass is 15.1. The van der Waals surface area contributed by atoms with E-state index in [-0.39, 0.29) is 0 Å². The minimum absolute atomic E-state index is 0.695. The number of nitrogens with two attached hydrogens (primary N) is 2. The lowest BCUT2D eigenvalue weighted by Gasteiger charge is -2.24. The van der Waals surface area contributed by atoms with Gasteiger partial charge in [0.1, 0.15) is 0 Å². The van der Waals surface area contributed by atoms with Gasteiger partial charge in [-0.2, -0.15) is 0 Å². The predicted molar refractivity (Wildman–Crippen MR) is 116 cm³/mol. The second-order valence-corrected chi connectivity index (χ2v) is 7.88. The molecule has 0 saturated carbocycles. The SMILES string of the molecule is NCCN(CCN)CCNC1CCCCCC/C=C/CCCCCCC1. The normalized spacial score (nSPS) is 23.1. The first-order chi connectivity index (χ1) is 12.9. The molecule has 0 heterocycles. The van der Waals surface area contributed by atoms with Crippen molar-refractivity contribution in [1.29, 1.82) is 0 Å². The maximum Gasteiger partial charge on any atom is 0.0108 e. The zero-order chi connectivity index (χ0) is 18.7. The van der Waals surface area contributed by atoms with Crippen LogP contribution in [-0.2, 0) is 0 Å². The molecule has 0 aromatic heterocycles. The molecule has 0 aromatic carbocycles. The Balaban J connectivity index is 2.31. The monoisotopic (exact) mass is 366 g/mol. The zero-order valence-corrected chi connectivity index (χ0v) is 17.3. The topological polar surface area (TPSA) is 67.3 Å². The summed E-state index contributed by atoms with van der Waals surface area (Å²) in [5, 5.41) is 3.84. The van der Waals surface area contributed by atoms with Gasteiger partial charge in [0.2, 0.25) is 0 Å². The van der Waals surface area contributed by atoms with Crippen LogP contribution in [0.3, 0.4) is 0 Å². The van der Waals surface area contributed by atoms with Crippen LogP contribution >= 0.6 is 0 Å². The van der Waals surface area contributed by atoms with Crippen LogP contribution < -0.4 is 16.8 Å². The number of rotatable bonds is 8. The van der Waals surface area contributed by atoms with Crippen molar-refractivity contribution in [2.75, 3.05) is 39.3 Å². The van der Waals surface area contributed by atoms with E-state index in [1.807, 2.05) is 0 Å². The van der Waals surface area contributed by atoms with Crippen LogP contribution in [0.1, 0.15) is 83.5 Å². The lowest BCUT2D eigenvalue weighted by atomic mass is 9.99. The van der Waals surface area contributed by atoms with Crippen molar-refractivity contribution in [3.8, 4) is 0 Å². The molecule has 0 aromatic rings. The summed E-state index contributed by atoms with van der Waals surface area (Å²) in [5.74, 6) is 0. The van der Waals surface area contributed by atoms with Gasteiger partial charge < -0.3 is 16.8 Å². The third kappa shape index (κ3) is 13.7. The molecule has 0 amide bonds. The maximum atomic E-state index is 5.71. The molecule has 1 unspecified atom stereocenters. The Bertz CT molecular complexity index is 313. The molecule has 0 saturated heterocycles. The van der Waals surface area contributed by atoms with Gasteiger partial charge in [0.25, 0.3) is 0 Å². The highest BCUT2D eigenvalue weighted by Crippen LogP contribution is 2.15. The molecule has 4 heteroatoms. The van der Waals surface area contributed by atoms with Crippen LogP contribution in [0, 0.1) is 0 Å². The fourth-order valence-corrected chi connectivity index (χ4v) is 3.90. The Morgan fingerprint density at radius 3 is 1.73 bits per heavy atom. The smallest absolute Gasteiger partial charge is 0.0108 e. The molecule has 0 fully saturated rings. The van der Waals surface area contributed by atoms with E-state index in [4.69, 9.17) is 11.5 Å². The second kappa shape index (κ2) is 18.0. The van der Waals surface area contributed by atoms with Crippen molar-refractivity contribution < 1.29 is 0 Å². The summed E-state index contributed by atoms with van der Waals surface area (Å²) < 4.78 is 0. The Labute approximate surface area is 163 Å². The molecule has 0 bridgehead atoms. The predicted octanol–water partition coefficient (Wildman–Crippen LogP) is 3.81. The van der Waals surface area contributed by atoms with E-state index in [9.17, 15) is 0 Å². The summed E-state index contributed by atoms with van der Waals surface area (Å²) in [4.78, 5) is 2.38. The molecule has 1 aliphatic carbocycles. The molecule has 0 radical (unpaired) electrons. The van der Waals surface area contributed by atoms with Crippen LogP contribution in [0.5, 0.6) is 0 Å². The van der Waals surface area contributed by atoms with Gasteiger partial charge in [-0.3, -0.25) is 4.90 Å². The largest absolute Gasteiger partial charge is 0.329 e. The third-order valence-corrected chi connectivity index (χ3v) is 5.52. The van der Waals surface area contributed by atoms with Crippen LogP contribution in [0.2, 0.25) is 0 Å². The molecule has 0 aliphatic heterocycles. The molecule has 0 spiro atoms. The number of hydrogen-bond donors (Lipinski definition) is 3. The Morgan fingerprint density at radius 2 is 1.19 bits per heavy atom. The van der Waals surface area contributed by atoms with E-state index >= 15 is 0 Å².